The Balaban J connectivity index is 0. The number of carbonyl (C=O) groups excluding carboxylic acids is 2. The van der Waals surface area contributed by atoms with Crippen molar-refractivity contribution in [1.82, 2.24) is 10.6 Å². The molecule has 0 aromatic carbocycles. The third-order valence-electron chi connectivity index (χ3n) is 2.27. The number of amides is 2. The maximum Gasteiger partial charge on any atom is 0.240 e. The van der Waals surface area contributed by atoms with E-state index < -0.39 is 5.54 Å². The standard InChI is InChI=1S/C11H23N3O2.ClH/c1-4-6-11(3,12)10(16)14-8-9(15)13-7-5-2;/h4-8,12H2,1-3H3,(H,13,15)(H,14,16);1H. The summed E-state index contributed by atoms with van der Waals surface area (Å²) in [6, 6.07) is 0. The molecule has 1 unspecified atom stereocenters. The number of halogens is 1. The number of rotatable bonds is 7. The lowest BCUT2D eigenvalue weighted by Crippen LogP contribution is -2.53. The predicted octanol–water partition coefficient (Wildman–Crippen LogP) is 0.568. The predicted molar refractivity (Wildman–Crippen MR) is 71.1 cm³/mol. The highest BCUT2D eigenvalue weighted by Crippen LogP contribution is 2.07. The van der Waals surface area contributed by atoms with Crippen LogP contribution in [0.3, 0.4) is 0 Å². The van der Waals surface area contributed by atoms with Crippen LogP contribution in [0.5, 0.6) is 0 Å². The molecule has 0 saturated heterocycles. The molecule has 0 heterocycles. The minimum Gasteiger partial charge on any atom is -0.355 e. The number of hydrogen-bond donors (Lipinski definition) is 3. The average Bonchev–Trinajstić information content (AvgIpc) is 2.22. The highest BCUT2D eigenvalue weighted by atomic mass is 35.5. The molecule has 0 radical (unpaired) electrons. The van der Waals surface area contributed by atoms with Crippen LogP contribution in [0, 0.1) is 0 Å². The van der Waals surface area contributed by atoms with Crippen LogP contribution >= 0.6 is 12.4 Å². The van der Waals surface area contributed by atoms with Crippen molar-refractivity contribution in [3.8, 4) is 0 Å². The van der Waals surface area contributed by atoms with Crippen LogP contribution in [0.15, 0.2) is 0 Å². The molecule has 0 bridgehead atoms. The van der Waals surface area contributed by atoms with E-state index >= 15 is 0 Å². The highest BCUT2D eigenvalue weighted by molar-refractivity contribution is 5.89. The van der Waals surface area contributed by atoms with Gasteiger partial charge in [-0.2, -0.15) is 0 Å². The number of carbonyl (C=O) groups is 2. The normalized spacial score (nSPS) is 13.2. The van der Waals surface area contributed by atoms with Gasteiger partial charge in [-0.15, -0.1) is 12.4 Å². The highest BCUT2D eigenvalue weighted by Gasteiger charge is 2.26. The zero-order chi connectivity index (χ0) is 12.6. The minimum atomic E-state index is -0.889. The van der Waals surface area contributed by atoms with E-state index in [0.29, 0.717) is 13.0 Å². The summed E-state index contributed by atoms with van der Waals surface area (Å²) in [4.78, 5) is 22.8. The Labute approximate surface area is 109 Å². The molecule has 0 fully saturated rings. The van der Waals surface area contributed by atoms with Crippen molar-refractivity contribution in [2.24, 2.45) is 5.73 Å². The van der Waals surface area contributed by atoms with E-state index in [2.05, 4.69) is 10.6 Å². The third-order valence-corrected chi connectivity index (χ3v) is 2.27. The largest absolute Gasteiger partial charge is 0.355 e. The monoisotopic (exact) mass is 265 g/mol. The van der Waals surface area contributed by atoms with Crippen LogP contribution in [0.2, 0.25) is 0 Å². The van der Waals surface area contributed by atoms with Gasteiger partial charge in [-0.1, -0.05) is 20.3 Å². The van der Waals surface area contributed by atoms with Crippen molar-refractivity contribution in [2.75, 3.05) is 13.1 Å². The summed E-state index contributed by atoms with van der Waals surface area (Å²) in [6.45, 7) is 6.23. The molecule has 4 N–H and O–H groups in total. The smallest absolute Gasteiger partial charge is 0.240 e. The van der Waals surface area contributed by atoms with E-state index in [-0.39, 0.29) is 30.8 Å². The SMILES string of the molecule is CCCNC(=O)CNC(=O)C(C)(N)CCC.Cl. The fraction of sp³-hybridized carbons (Fsp3) is 0.818. The second-order valence-corrected chi connectivity index (χ2v) is 4.20. The molecule has 0 aliphatic heterocycles. The van der Waals surface area contributed by atoms with Crippen molar-refractivity contribution < 1.29 is 9.59 Å². The minimum absolute atomic E-state index is 0. The van der Waals surface area contributed by atoms with Gasteiger partial charge in [0.25, 0.3) is 0 Å². The Morgan fingerprint density at radius 1 is 1.18 bits per heavy atom. The summed E-state index contributed by atoms with van der Waals surface area (Å²) in [5, 5.41) is 5.22. The molecular formula is C11H24ClN3O2. The Morgan fingerprint density at radius 3 is 2.24 bits per heavy atom. The van der Waals surface area contributed by atoms with Crippen molar-refractivity contribution in [2.45, 2.75) is 45.6 Å². The molecule has 5 nitrogen and oxygen atoms in total. The van der Waals surface area contributed by atoms with E-state index in [4.69, 9.17) is 5.73 Å². The molecule has 102 valence electrons. The fourth-order valence-electron chi connectivity index (χ4n) is 1.32. The first-order valence-corrected chi connectivity index (χ1v) is 5.78. The van der Waals surface area contributed by atoms with Crippen LogP contribution in [-0.4, -0.2) is 30.4 Å². The second-order valence-electron chi connectivity index (χ2n) is 4.20. The van der Waals surface area contributed by atoms with Gasteiger partial charge in [0.2, 0.25) is 11.8 Å². The second kappa shape index (κ2) is 9.24. The first kappa shape index (κ1) is 18.6. The van der Waals surface area contributed by atoms with E-state index in [1.165, 1.54) is 0 Å². The van der Waals surface area contributed by atoms with Crippen LogP contribution in [0.25, 0.3) is 0 Å². The number of hydrogen-bond acceptors (Lipinski definition) is 3. The fourth-order valence-corrected chi connectivity index (χ4v) is 1.32. The van der Waals surface area contributed by atoms with Gasteiger partial charge in [0.1, 0.15) is 0 Å². The van der Waals surface area contributed by atoms with Crippen LogP contribution < -0.4 is 16.4 Å². The molecule has 6 heteroatoms. The molecule has 2 amide bonds. The summed E-state index contributed by atoms with van der Waals surface area (Å²) in [5.41, 5.74) is 4.92. The molecule has 0 aromatic rings. The molecule has 0 aromatic heterocycles. The molecular weight excluding hydrogens is 242 g/mol. The molecule has 0 rings (SSSR count). The Morgan fingerprint density at radius 2 is 1.76 bits per heavy atom. The van der Waals surface area contributed by atoms with E-state index in [1.807, 2.05) is 13.8 Å². The van der Waals surface area contributed by atoms with Crippen molar-refractivity contribution in [3.05, 3.63) is 0 Å². The zero-order valence-electron chi connectivity index (χ0n) is 10.8. The molecule has 1 atom stereocenters. The lowest BCUT2D eigenvalue weighted by Gasteiger charge is -2.22. The summed E-state index contributed by atoms with van der Waals surface area (Å²) >= 11 is 0. The van der Waals surface area contributed by atoms with Gasteiger partial charge in [-0.05, 0) is 19.8 Å². The summed E-state index contributed by atoms with van der Waals surface area (Å²) < 4.78 is 0. The third kappa shape index (κ3) is 7.99. The number of nitrogens with one attached hydrogen (secondary N) is 2. The molecule has 0 saturated carbocycles. The Bertz CT molecular complexity index is 245. The number of nitrogens with two attached hydrogens (primary N) is 1. The Hall–Kier alpha value is -0.810. The van der Waals surface area contributed by atoms with Crippen molar-refractivity contribution in [1.29, 1.82) is 0 Å². The van der Waals surface area contributed by atoms with E-state index in [0.717, 1.165) is 12.8 Å². The van der Waals surface area contributed by atoms with Crippen LogP contribution in [-0.2, 0) is 9.59 Å². The topological polar surface area (TPSA) is 84.2 Å². The maximum absolute atomic E-state index is 11.6. The van der Waals surface area contributed by atoms with E-state index in [1.54, 1.807) is 6.92 Å². The first-order chi connectivity index (χ1) is 7.44. The summed E-state index contributed by atoms with van der Waals surface area (Å²) in [5.74, 6) is -0.455. The summed E-state index contributed by atoms with van der Waals surface area (Å²) in [7, 11) is 0. The van der Waals surface area contributed by atoms with Gasteiger partial charge in [-0.25, -0.2) is 0 Å². The lowest BCUT2D eigenvalue weighted by molar-refractivity contribution is -0.129. The van der Waals surface area contributed by atoms with Crippen LogP contribution in [0.1, 0.15) is 40.0 Å². The first-order valence-electron chi connectivity index (χ1n) is 5.78. The summed E-state index contributed by atoms with van der Waals surface area (Å²) in [6.07, 6.45) is 2.32. The quantitative estimate of drug-likeness (QED) is 0.629. The molecule has 0 aliphatic carbocycles. The zero-order valence-corrected chi connectivity index (χ0v) is 11.7. The van der Waals surface area contributed by atoms with Gasteiger partial charge in [0, 0.05) is 6.54 Å². The lowest BCUT2D eigenvalue weighted by atomic mass is 9.97. The van der Waals surface area contributed by atoms with Gasteiger partial charge in [-0.3, -0.25) is 9.59 Å². The Kier molecular flexibility index (Phi) is 10.1. The van der Waals surface area contributed by atoms with E-state index in [9.17, 15) is 9.59 Å². The average molecular weight is 266 g/mol. The maximum atomic E-state index is 11.6. The van der Waals surface area contributed by atoms with Crippen molar-refractivity contribution >= 4 is 24.2 Å². The van der Waals surface area contributed by atoms with Gasteiger partial charge >= 0.3 is 0 Å². The van der Waals surface area contributed by atoms with Gasteiger partial charge in [0.15, 0.2) is 0 Å². The van der Waals surface area contributed by atoms with Gasteiger partial charge in [0.05, 0.1) is 12.1 Å². The van der Waals surface area contributed by atoms with Gasteiger partial charge < -0.3 is 16.4 Å². The van der Waals surface area contributed by atoms with Crippen molar-refractivity contribution in [3.63, 3.8) is 0 Å². The molecule has 17 heavy (non-hydrogen) atoms. The molecule has 0 spiro atoms. The van der Waals surface area contributed by atoms with Crippen LogP contribution in [0.4, 0.5) is 0 Å². The molecule has 0 aliphatic rings.